The summed E-state index contributed by atoms with van der Waals surface area (Å²) < 4.78 is 42.7. The SMILES string of the molecule is C=CCOC(=O)Nc1cc(C(=O)O)ccc1C(F)(F)F. The number of halogens is 3. The Kier molecular flexibility index (Phi) is 4.73. The molecule has 0 radical (unpaired) electrons. The molecule has 20 heavy (non-hydrogen) atoms. The number of carbonyl (C=O) groups excluding carboxylic acids is 1. The van der Waals surface area contributed by atoms with Gasteiger partial charge in [-0.05, 0) is 18.2 Å². The fourth-order valence-corrected chi connectivity index (χ4v) is 1.31. The normalized spacial score (nSPS) is 10.8. The lowest BCUT2D eigenvalue weighted by atomic mass is 10.1. The maximum absolute atomic E-state index is 12.7. The number of carbonyl (C=O) groups is 2. The second kappa shape index (κ2) is 6.09. The van der Waals surface area contributed by atoms with E-state index in [1.807, 2.05) is 5.32 Å². The highest BCUT2D eigenvalue weighted by molar-refractivity contribution is 5.92. The molecule has 1 aromatic rings. The van der Waals surface area contributed by atoms with Crippen molar-refractivity contribution in [3.63, 3.8) is 0 Å². The number of carboxylic acid groups (broad SMARTS) is 1. The third kappa shape index (κ3) is 4.01. The van der Waals surface area contributed by atoms with Crippen LogP contribution < -0.4 is 5.32 Å². The summed E-state index contributed by atoms with van der Waals surface area (Å²) in [4.78, 5) is 22.0. The number of alkyl halides is 3. The highest BCUT2D eigenvalue weighted by Crippen LogP contribution is 2.35. The van der Waals surface area contributed by atoms with Crippen LogP contribution >= 0.6 is 0 Å². The maximum Gasteiger partial charge on any atom is 0.418 e. The summed E-state index contributed by atoms with van der Waals surface area (Å²) in [6, 6.07) is 2.08. The quantitative estimate of drug-likeness (QED) is 0.835. The molecule has 1 rings (SSSR count). The first-order chi connectivity index (χ1) is 9.25. The topological polar surface area (TPSA) is 75.6 Å². The average Bonchev–Trinajstić information content (AvgIpc) is 2.34. The van der Waals surface area contributed by atoms with E-state index in [4.69, 9.17) is 5.11 Å². The van der Waals surface area contributed by atoms with Crippen LogP contribution in [0.1, 0.15) is 15.9 Å². The Balaban J connectivity index is 3.11. The summed E-state index contributed by atoms with van der Waals surface area (Å²) in [5, 5.41) is 10.6. The van der Waals surface area contributed by atoms with Crippen LogP contribution in [-0.2, 0) is 10.9 Å². The molecular formula is C12H10F3NO4. The third-order valence-corrected chi connectivity index (χ3v) is 2.14. The van der Waals surface area contributed by atoms with Crippen molar-refractivity contribution in [2.24, 2.45) is 0 Å². The zero-order valence-electron chi connectivity index (χ0n) is 10.0. The van der Waals surface area contributed by atoms with Gasteiger partial charge in [-0.15, -0.1) is 0 Å². The Bertz CT molecular complexity index is 540. The van der Waals surface area contributed by atoms with Gasteiger partial charge in [0.25, 0.3) is 0 Å². The van der Waals surface area contributed by atoms with Crippen molar-refractivity contribution in [3.8, 4) is 0 Å². The highest BCUT2D eigenvalue weighted by atomic mass is 19.4. The monoisotopic (exact) mass is 289 g/mol. The lowest BCUT2D eigenvalue weighted by Gasteiger charge is -2.14. The van der Waals surface area contributed by atoms with Crippen LogP contribution in [0.25, 0.3) is 0 Å². The fourth-order valence-electron chi connectivity index (χ4n) is 1.31. The lowest BCUT2D eigenvalue weighted by Crippen LogP contribution is -2.18. The molecule has 0 fully saturated rings. The van der Waals surface area contributed by atoms with Gasteiger partial charge in [-0.25, -0.2) is 9.59 Å². The van der Waals surface area contributed by atoms with Crippen LogP contribution in [0, 0.1) is 0 Å². The zero-order valence-corrected chi connectivity index (χ0v) is 10.0. The molecule has 0 bridgehead atoms. The van der Waals surface area contributed by atoms with Crippen molar-refractivity contribution in [1.29, 1.82) is 0 Å². The van der Waals surface area contributed by atoms with Crippen molar-refractivity contribution >= 4 is 17.7 Å². The molecule has 1 amide bonds. The van der Waals surface area contributed by atoms with Gasteiger partial charge in [0.1, 0.15) is 6.61 Å². The molecule has 0 saturated carbocycles. The number of aromatic carboxylic acids is 1. The van der Waals surface area contributed by atoms with Crippen molar-refractivity contribution < 1.29 is 32.6 Å². The second-order valence-corrected chi connectivity index (χ2v) is 3.58. The molecule has 2 N–H and O–H groups in total. The van der Waals surface area contributed by atoms with Gasteiger partial charge in [0.15, 0.2) is 0 Å². The smallest absolute Gasteiger partial charge is 0.418 e. The largest absolute Gasteiger partial charge is 0.478 e. The van der Waals surface area contributed by atoms with E-state index in [-0.39, 0.29) is 6.61 Å². The number of nitrogens with one attached hydrogen (secondary N) is 1. The first-order valence-electron chi connectivity index (χ1n) is 5.25. The zero-order chi connectivity index (χ0) is 15.3. The Morgan fingerprint density at radius 3 is 2.55 bits per heavy atom. The summed E-state index contributed by atoms with van der Waals surface area (Å²) >= 11 is 0. The van der Waals surface area contributed by atoms with Gasteiger partial charge in [0.2, 0.25) is 0 Å². The molecule has 8 heteroatoms. The van der Waals surface area contributed by atoms with Crippen LogP contribution in [0.2, 0.25) is 0 Å². The van der Waals surface area contributed by atoms with E-state index in [1.165, 1.54) is 6.08 Å². The van der Waals surface area contributed by atoms with Gasteiger partial charge >= 0.3 is 18.2 Å². The summed E-state index contributed by atoms with van der Waals surface area (Å²) in [6.45, 7) is 3.08. The number of carboxylic acids is 1. The number of ether oxygens (including phenoxy) is 1. The van der Waals surface area contributed by atoms with Crippen LogP contribution in [0.4, 0.5) is 23.7 Å². The molecule has 108 valence electrons. The maximum atomic E-state index is 12.7. The number of rotatable bonds is 4. The minimum atomic E-state index is -4.74. The predicted octanol–water partition coefficient (Wildman–Crippen LogP) is 3.14. The van der Waals surface area contributed by atoms with Gasteiger partial charge in [-0.2, -0.15) is 13.2 Å². The van der Waals surface area contributed by atoms with Crippen LogP contribution in [-0.4, -0.2) is 23.8 Å². The minimum Gasteiger partial charge on any atom is -0.478 e. The standard InChI is InChI=1S/C12H10F3NO4/c1-2-5-20-11(19)16-9-6-7(10(17)18)3-4-8(9)12(13,14)15/h2-4,6H,1,5H2,(H,16,19)(H,17,18). The highest BCUT2D eigenvalue weighted by Gasteiger charge is 2.34. The third-order valence-electron chi connectivity index (χ3n) is 2.14. The molecular weight excluding hydrogens is 279 g/mol. The van der Waals surface area contributed by atoms with E-state index in [1.54, 1.807) is 0 Å². The summed E-state index contributed by atoms with van der Waals surface area (Å²) in [5.41, 5.74) is -2.25. The number of amides is 1. The van der Waals surface area contributed by atoms with Crippen molar-refractivity contribution in [3.05, 3.63) is 42.0 Å². The Morgan fingerprint density at radius 2 is 2.05 bits per heavy atom. The molecule has 0 atom stereocenters. The Labute approximate surface area is 111 Å². The second-order valence-electron chi connectivity index (χ2n) is 3.58. The molecule has 0 aliphatic carbocycles. The van der Waals surface area contributed by atoms with Crippen molar-refractivity contribution in [2.75, 3.05) is 11.9 Å². The molecule has 0 saturated heterocycles. The molecule has 0 heterocycles. The van der Waals surface area contributed by atoms with Crippen LogP contribution in [0.3, 0.4) is 0 Å². The van der Waals surface area contributed by atoms with E-state index in [0.29, 0.717) is 12.1 Å². The van der Waals surface area contributed by atoms with Gasteiger partial charge in [0, 0.05) is 0 Å². The Morgan fingerprint density at radius 1 is 1.40 bits per heavy atom. The van der Waals surface area contributed by atoms with Gasteiger partial charge in [-0.3, -0.25) is 5.32 Å². The molecule has 0 spiro atoms. The Hall–Kier alpha value is -2.51. The predicted molar refractivity (Wildman–Crippen MR) is 63.6 cm³/mol. The molecule has 0 aromatic heterocycles. The van der Waals surface area contributed by atoms with Gasteiger partial charge in [-0.1, -0.05) is 12.7 Å². The van der Waals surface area contributed by atoms with E-state index in [9.17, 15) is 22.8 Å². The van der Waals surface area contributed by atoms with Crippen LogP contribution in [0.5, 0.6) is 0 Å². The van der Waals surface area contributed by atoms with Crippen molar-refractivity contribution in [1.82, 2.24) is 0 Å². The van der Waals surface area contributed by atoms with Crippen LogP contribution in [0.15, 0.2) is 30.9 Å². The van der Waals surface area contributed by atoms with E-state index in [0.717, 1.165) is 6.07 Å². The first-order valence-corrected chi connectivity index (χ1v) is 5.25. The van der Waals surface area contributed by atoms with Gasteiger partial charge < -0.3 is 9.84 Å². The molecule has 0 unspecified atom stereocenters. The van der Waals surface area contributed by atoms with Crippen molar-refractivity contribution in [2.45, 2.75) is 6.18 Å². The molecule has 1 aromatic carbocycles. The fraction of sp³-hybridized carbons (Fsp3) is 0.167. The number of benzene rings is 1. The summed E-state index contributed by atoms with van der Waals surface area (Å²) in [6.07, 6.45) is -4.64. The summed E-state index contributed by atoms with van der Waals surface area (Å²) in [5.74, 6) is -1.42. The summed E-state index contributed by atoms with van der Waals surface area (Å²) in [7, 11) is 0. The number of anilines is 1. The number of hydrogen-bond donors (Lipinski definition) is 2. The molecule has 5 nitrogen and oxygen atoms in total. The average molecular weight is 289 g/mol. The molecule has 0 aliphatic heterocycles. The first kappa shape index (κ1) is 15.5. The number of hydrogen-bond acceptors (Lipinski definition) is 3. The van der Waals surface area contributed by atoms with E-state index in [2.05, 4.69) is 11.3 Å². The van der Waals surface area contributed by atoms with E-state index >= 15 is 0 Å². The minimum absolute atomic E-state index is 0.189. The van der Waals surface area contributed by atoms with Gasteiger partial charge in [0.05, 0.1) is 16.8 Å². The van der Waals surface area contributed by atoms with E-state index < -0.39 is 35.1 Å². The molecule has 0 aliphatic rings. The lowest BCUT2D eigenvalue weighted by molar-refractivity contribution is -0.136.